The van der Waals surface area contributed by atoms with Crippen LogP contribution in [0, 0.1) is 11.3 Å². The van der Waals surface area contributed by atoms with Crippen molar-refractivity contribution in [2.45, 2.75) is 202 Å². The van der Waals surface area contributed by atoms with E-state index in [9.17, 15) is 19.8 Å². The number of aliphatic hydroxyl groups is 2. The lowest BCUT2D eigenvalue weighted by Gasteiger charge is -2.53. The van der Waals surface area contributed by atoms with Crippen molar-refractivity contribution in [3.8, 4) is 0 Å². The summed E-state index contributed by atoms with van der Waals surface area (Å²) in [5, 5.41) is 22.7. The van der Waals surface area contributed by atoms with E-state index in [0.29, 0.717) is 38.7 Å². The molecule has 0 saturated heterocycles. The lowest BCUT2D eigenvalue weighted by Crippen LogP contribution is -2.52. The molecule has 0 heterocycles. The highest BCUT2D eigenvalue weighted by atomic mass is 16.5. The highest BCUT2D eigenvalue weighted by Crippen LogP contribution is 2.55. The van der Waals surface area contributed by atoms with Gasteiger partial charge in [-0.3, -0.25) is 9.59 Å². The van der Waals surface area contributed by atoms with Crippen LogP contribution in [0.5, 0.6) is 0 Å². The summed E-state index contributed by atoms with van der Waals surface area (Å²) in [7, 11) is 0. The first-order valence-electron chi connectivity index (χ1n) is 21.3. The minimum absolute atomic E-state index is 0.00188. The zero-order valence-corrected chi connectivity index (χ0v) is 35.4. The van der Waals surface area contributed by atoms with Gasteiger partial charge in [-0.1, -0.05) is 105 Å². The van der Waals surface area contributed by atoms with Crippen LogP contribution in [0.3, 0.4) is 0 Å². The molecule has 4 atom stereocenters. The van der Waals surface area contributed by atoms with Gasteiger partial charge in [-0.2, -0.15) is 0 Å². The molecular formula is C48H80O5. The zero-order chi connectivity index (χ0) is 39.5. The number of aldehydes is 1. The first-order chi connectivity index (χ1) is 25.3. The molecule has 0 aromatic heterocycles. The first-order valence-corrected chi connectivity index (χ1v) is 21.3. The van der Waals surface area contributed by atoms with Crippen molar-refractivity contribution < 1.29 is 24.5 Å². The average molecular weight is 737 g/mol. The molecule has 2 N–H and O–H groups in total. The summed E-state index contributed by atoms with van der Waals surface area (Å²) >= 11 is 0. The third-order valence-corrected chi connectivity index (χ3v) is 11.7. The Bertz CT molecular complexity index is 1220. The Labute approximate surface area is 326 Å². The first kappa shape index (κ1) is 48.5. The van der Waals surface area contributed by atoms with Gasteiger partial charge in [-0.25, -0.2) is 0 Å². The number of aliphatic hydroxyl groups excluding tert-OH is 1. The van der Waals surface area contributed by atoms with Gasteiger partial charge < -0.3 is 14.9 Å². The Kier molecular flexibility index (Phi) is 25.6. The van der Waals surface area contributed by atoms with Crippen LogP contribution in [0.2, 0.25) is 0 Å². The number of unbranched alkanes of at least 4 members (excludes halogenated alkanes) is 8. The molecule has 0 radical (unpaired) electrons. The van der Waals surface area contributed by atoms with Gasteiger partial charge in [0.25, 0.3) is 0 Å². The van der Waals surface area contributed by atoms with Crippen LogP contribution in [0.1, 0.15) is 190 Å². The lowest BCUT2D eigenvalue weighted by atomic mass is 9.54. The molecule has 5 heteroatoms. The maximum absolute atomic E-state index is 12.5. The Morgan fingerprint density at radius 3 is 2.15 bits per heavy atom. The Morgan fingerprint density at radius 1 is 0.830 bits per heavy atom. The quantitative estimate of drug-likeness (QED) is 0.0275. The number of carbonyl (C=O) groups is 2. The molecule has 0 amide bonds. The molecule has 0 aliphatic heterocycles. The summed E-state index contributed by atoms with van der Waals surface area (Å²) in [6.07, 6.45) is 36.0. The molecule has 302 valence electrons. The van der Waals surface area contributed by atoms with Crippen molar-refractivity contribution in [1.29, 1.82) is 0 Å². The molecule has 1 aliphatic carbocycles. The van der Waals surface area contributed by atoms with E-state index in [1.54, 1.807) is 0 Å². The molecule has 53 heavy (non-hydrogen) atoms. The SMILES string of the molecule is CCCCC/C=C\C/C=C\CCCCCCCC(=O)OCCC[C@H]1/C(=C(/C)C=O)CC[C@](C)(O)[C@]1(C)CC/C=C(\C)[C@H](O)C/C=C(\C)CCC=C(C)C. The van der Waals surface area contributed by atoms with Crippen molar-refractivity contribution >= 4 is 12.3 Å². The number of hydrogen-bond acceptors (Lipinski definition) is 5. The van der Waals surface area contributed by atoms with Gasteiger partial charge in [0, 0.05) is 11.8 Å². The topological polar surface area (TPSA) is 83.8 Å². The van der Waals surface area contributed by atoms with Crippen LogP contribution in [0.4, 0.5) is 0 Å². The fraction of sp³-hybridized carbons (Fsp3) is 0.708. The summed E-state index contributed by atoms with van der Waals surface area (Å²) in [6, 6.07) is 0. The molecule has 1 fully saturated rings. The summed E-state index contributed by atoms with van der Waals surface area (Å²) in [4.78, 5) is 24.5. The molecule has 1 saturated carbocycles. The van der Waals surface area contributed by atoms with Crippen LogP contribution in [0.25, 0.3) is 0 Å². The second-order valence-electron chi connectivity index (χ2n) is 16.5. The van der Waals surface area contributed by atoms with E-state index >= 15 is 0 Å². The second kappa shape index (κ2) is 28.0. The van der Waals surface area contributed by atoms with E-state index in [2.05, 4.69) is 77.2 Å². The van der Waals surface area contributed by atoms with Gasteiger partial charge in [0.1, 0.15) is 6.29 Å². The van der Waals surface area contributed by atoms with Crippen LogP contribution in [-0.4, -0.2) is 40.8 Å². The minimum Gasteiger partial charge on any atom is -0.466 e. The number of ether oxygens (including phenoxy) is 1. The van der Waals surface area contributed by atoms with Gasteiger partial charge in [0.15, 0.2) is 0 Å². The van der Waals surface area contributed by atoms with Crippen molar-refractivity contribution in [1.82, 2.24) is 0 Å². The largest absolute Gasteiger partial charge is 0.466 e. The predicted octanol–water partition coefficient (Wildman–Crippen LogP) is 13.0. The number of esters is 1. The second-order valence-corrected chi connectivity index (χ2v) is 16.5. The summed E-state index contributed by atoms with van der Waals surface area (Å²) < 4.78 is 5.66. The fourth-order valence-corrected chi connectivity index (χ4v) is 7.63. The van der Waals surface area contributed by atoms with E-state index < -0.39 is 17.1 Å². The highest BCUT2D eigenvalue weighted by Gasteiger charge is 2.52. The molecule has 0 aromatic carbocycles. The smallest absolute Gasteiger partial charge is 0.305 e. The van der Waals surface area contributed by atoms with Crippen LogP contribution in [-0.2, 0) is 14.3 Å². The van der Waals surface area contributed by atoms with E-state index in [1.165, 1.54) is 49.7 Å². The molecule has 1 aliphatic rings. The monoisotopic (exact) mass is 737 g/mol. The molecular weight excluding hydrogens is 657 g/mol. The Balaban J connectivity index is 2.58. The number of hydrogen-bond donors (Lipinski definition) is 2. The number of carbonyl (C=O) groups excluding carboxylic acids is 2. The molecule has 0 bridgehead atoms. The van der Waals surface area contributed by atoms with E-state index in [0.717, 1.165) is 87.2 Å². The van der Waals surface area contributed by atoms with Crippen LogP contribution >= 0.6 is 0 Å². The third-order valence-electron chi connectivity index (χ3n) is 11.7. The molecule has 0 spiro atoms. The molecule has 0 unspecified atom stereocenters. The summed E-state index contributed by atoms with van der Waals surface area (Å²) in [5.74, 6) is -0.131. The highest BCUT2D eigenvalue weighted by molar-refractivity contribution is 5.74. The maximum atomic E-state index is 12.5. The minimum atomic E-state index is -0.909. The van der Waals surface area contributed by atoms with Gasteiger partial charge in [-0.05, 0) is 155 Å². The van der Waals surface area contributed by atoms with Crippen molar-refractivity contribution in [2.75, 3.05) is 6.61 Å². The summed E-state index contributed by atoms with van der Waals surface area (Å²) in [5.41, 5.74) is 4.07. The van der Waals surface area contributed by atoms with Gasteiger partial charge in [0.05, 0.1) is 18.3 Å². The number of allylic oxidation sites excluding steroid dienone is 10. The van der Waals surface area contributed by atoms with Gasteiger partial charge in [-0.15, -0.1) is 0 Å². The van der Waals surface area contributed by atoms with Crippen molar-refractivity contribution in [3.05, 3.63) is 70.4 Å². The van der Waals surface area contributed by atoms with Crippen LogP contribution in [0.15, 0.2) is 70.4 Å². The molecule has 5 nitrogen and oxygen atoms in total. The maximum Gasteiger partial charge on any atom is 0.305 e. The normalized spacial score (nSPS) is 22.7. The zero-order valence-electron chi connectivity index (χ0n) is 35.4. The molecule has 1 rings (SSSR count). The summed E-state index contributed by atoms with van der Waals surface area (Å²) in [6.45, 7) is 16.9. The fourth-order valence-electron chi connectivity index (χ4n) is 7.63. The van der Waals surface area contributed by atoms with Gasteiger partial charge >= 0.3 is 5.97 Å². The van der Waals surface area contributed by atoms with E-state index in [-0.39, 0.29) is 11.9 Å². The Hall–Kier alpha value is -2.50. The van der Waals surface area contributed by atoms with Gasteiger partial charge in [0.2, 0.25) is 0 Å². The van der Waals surface area contributed by atoms with E-state index in [1.807, 2.05) is 20.8 Å². The average Bonchev–Trinajstić information content (AvgIpc) is 3.11. The number of rotatable bonds is 28. The molecule has 0 aromatic rings. The predicted molar refractivity (Wildman–Crippen MR) is 226 cm³/mol. The van der Waals surface area contributed by atoms with Crippen LogP contribution < -0.4 is 0 Å². The van der Waals surface area contributed by atoms with Crippen molar-refractivity contribution in [2.24, 2.45) is 11.3 Å². The van der Waals surface area contributed by atoms with Crippen molar-refractivity contribution in [3.63, 3.8) is 0 Å². The lowest BCUT2D eigenvalue weighted by molar-refractivity contribution is -0.144. The van der Waals surface area contributed by atoms with E-state index in [4.69, 9.17) is 4.74 Å². The standard InChI is InChI=1S/C48H80O5/c1-9-10-11-12-13-14-15-16-17-18-19-20-21-22-23-31-46(51)53-37-26-30-44-43(42(6)38-49)34-36-48(8,52)47(44,7)35-25-29-41(5)45(50)33-32-40(4)28-24-27-39(2)3/h13-14,16-17,27,29,32,38,44-45,50,52H,9-12,15,18-26,28,30-31,33-37H2,1-8H3/b14-13-,17-16-,40-32+,41-29+,43-42-/t44-,45+,47+,48-/m0/s1. The Morgan fingerprint density at radius 2 is 1.49 bits per heavy atom. The third kappa shape index (κ3) is 20.1.